The number of hydrogen-bond donors (Lipinski definition) is 1. The average Bonchev–Trinajstić information content (AvgIpc) is 2.91. The second-order valence-corrected chi connectivity index (χ2v) is 9.59. The molecule has 0 aliphatic carbocycles. The van der Waals surface area contributed by atoms with Gasteiger partial charge in [-0.05, 0) is 79.6 Å². The summed E-state index contributed by atoms with van der Waals surface area (Å²) in [6.07, 6.45) is 2.66. The Labute approximate surface area is 226 Å². The smallest absolute Gasteiger partial charge is 0.305 e. The van der Waals surface area contributed by atoms with Gasteiger partial charge in [0, 0.05) is 12.1 Å². The molecule has 0 aromatic heterocycles. The van der Waals surface area contributed by atoms with Gasteiger partial charge in [0.25, 0.3) is 5.91 Å². The van der Waals surface area contributed by atoms with E-state index in [1.165, 1.54) is 5.56 Å². The van der Waals surface area contributed by atoms with Gasteiger partial charge < -0.3 is 19.5 Å². The average molecular weight is 518 g/mol. The molecule has 1 unspecified atom stereocenters. The van der Waals surface area contributed by atoms with Gasteiger partial charge >= 0.3 is 5.97 Å². The molecule has 0 saturated carbocycles. The number of carbonyl (C=O) groups is 2. The van der Waals surface area contributed by atoms with E-state index in [0.717, 1.165) is 24.2 Å². The van der Waals surface area contributed by atoms with E-state index < -0.39 is 0 Å². The lowest BCUT2D eigenvalue weighted by molar-refractivity contribution is -0.143. The highest BCUT2D eigenvalue weighted by Crippen LogP contribution is 2.27. The molecule has 1 N–H and O–H groups in total. The molecule has 1 atom stereocenters. The van der Waals surface area contributed by atoms with Gasteiger partial charge in [-0.15, -0.1) is 0 Å². The third-order valence-corrected chi connectivity index (χ3v) is 5.98. The first kappa shape index (κ1) is 28.8. The fraction of sp³-hybridized carbons (Fsp3) is 0.375. The van der Waals surface area contributed by atoms with Crippen LogP contribution < -0.4 is 14.8 Å². The third kappa shape index (κ3) is 8.94. The Kier molecular flexibility index (Phi) is 11.2. The predicted molar refractivity (Wildman–Crippen MR) is 151 cm³/mol. The van der Waals surface area contributed by atoms with Crippen LogP contribution in [0.2, 0.25) is 0 Å². The molecular formula is C32H39NO5. The van der Waals surface area contributed by atoms with Gasteiger partial charge in [0.1, 0.15) is 17.6 Å². The third-order valence-electron chi connectivity index (χ3n) is 5.98. The highest BCUT2D eigenvalue weighted by Gasteiger charge is 2.14. The molecule has 1 amide bonds. The lowest BCUT2D eigenvalue weighted by Crippen LogP contribution is -2.14. The molecule has 202 valence electrons. The number of amides is 1. The van der Waals surface area contributed by atoms with Gasteiger partial charge in [0.05, 0.1) is 18.8 Å². The van der Waals surface area contributed by atoms with Crippen LogP contribution in [-0.2, 0) is 16.0 Å². The first-order valence-electron chi connectivity index (χ1n) is 13.4. The van der Waals surface area contributed by atoms with E-state index in [2.05, 4.69) is 50.4 Å². The number of esters is 1. The van der Waals surface area contributed by atoms with E-state index in [0.29, 0.717) is 42.6 Å². The Hall–Kier alpha value is -3.80. The van der Waals surface area contributed by atoms with E-state index in [1.807, 2.05) is 30.3 Å². The molecular weight excluding hydrogens is 478 g/mol. The van der Waals surface area contributed by atoms with Crippen LogP contribution in [0, 0.1) is 5.92 Å². The summed E-state index contributed by atoms with van der Waals surface area (Å²) in [4.78, 5) is 24.5. The normalized spacial score (nSPS) is 11.6. The van der Waals surface area contributed by atoms with Crippen LogP contribution in [0.5, 0.6) is 11.5 Å². The van der Waals surface area contributed by atoms with E-state index in [4.69, 9.17) is 14.2 Å². The Balaban J connectivity index is 1.56. The van der Waals surface area contributed by atoms with Crippen molar-refractivity contribution in [2.45, 2.75) is 59.5 Å². The molecule has 3 aromatic carbocycles. The summed E-state index contributed by atoms with van der Waals surface area (Å²) in [6, 6.07) is 23.1. The zero-order valence-electron chi connectivity index (χ0n) is 22.9. The minimum atomic E-state index is -0.271. The van der Waals surface area contributed by atoms with Crippen molar-refractivity contribution in [3.05, 3.63) is 89.5 Å². The molecule has 3 rings (SSSR count). The monoisotopic (exact) mass is 517 g/mol. The molecule has 38 heavy (non-hydrogen) atoms. The van der Waals surface area contributed by atoms with Crippen molar-refractivity contribution in [3.63, 3.8) is 0 Å². The summed E-state index contributed by atoms with van der Waals surface area (Å²) in [5.74, 6) is 1.32. The maximum Gasteiger partial charge on any atom is 0.305 e. The standard InChI is InChI=1S/C32H39NO5/c1-5-29(25-15-13-24(14-16-25)22-23(3)4)38-27-19-17-26(18-20-27)33-32(35)28-10-7-8-11-30(28)37-21-9-12-31(34)36-6-2/h7-8,10-11,13-20,23,29H,5-6,9,12,21-22H2,1-4H3,(H,33,35). The predicted octanol–water partition coefficient (Wildman–Crippen LogP) is 7.39. The van der Waals surface area contributed by atoms with Crippen molar-refractivity contribution in [1.29, 1.82) is 0 Å². The van der Waals surface area contributed by atoms with Crippen LogP contribution in [0.3, 0.4) is 0 Å². The van der Waals surface area contributed by atoms with E-state index in [9.17, 15) is 9.59 Å². The van der Waals surface area contributed by atoms with Crippen molar-refractivity contribution in [2.75, 3.05) is 18.5 Å². The highest BCUT2D eigenvalue weighted by molar-refractivity contribution is 6.06. The summed E-state index contributed by atoms with van der Waals surface area (Å²) >= 11 is 0. The number of para-hydroxylation sites is 1. The lowest BCUT2D eigenvalue weighted by atomic mass is 9.99. The number of rotatable bonds is 14. The molecule has 0 aliphatic rings. The largest absolute Gasteiger partial charge is 0.493 e. The van der Waals surface area contributed by atoms with Gasteiger partial charge in [-0.3, -0.25) is 9.59 Å². The van der Waals surface area contributed by atoms with Crippen LogP contribution in [0.25, 0.3) is 0 Å². The molecule has 6 heteroatoms. The van der Waals surface area contributed by atoms with Crippen molar-refractivity contribution in [1.82, 2.24) is 0 Å². The van der Waals surface area contributed by atoms with Crippen LogP contribution >= 0.6 is 0 Å². The molecule has 6 nitrogen and oxygen atoms in total. The fourth-order valence-corrected chi connectivity index (χ4v) is 4.12. The Bertz CT molecular complexity index is 1160. The number of hydrogen-bond acceptors (Lipinski definition) is 5. The zero-order chi connectivity index (χ0) is 27.3. The second kappa shape index (κ2) is 14.8. The second-order valence-electron chi connectivity index (χ2n) is 9.59. The summed E-state index contributed by atoms with van der Waals surface area (Å²) < 4.78 is 17.0. The molecule has 0 bridgehead atoms. The first-order chi connectivity index (χ1) is 18.4. The van der Waals surface area contributed by atoms with Crippen molar-refractivity contribution >= 4 is 17.6 Å². The zero-order valence-corrected chi connectivity index (χ0v) is 22.9. The molecule has 0 heterocycles. The van der Waals surface area contributed by atoms with Gasteiger partial charge in [0.15, 0.2) is 0 Å². The van der Waals surface area contributed by atoms with Gasteiger partial charge in [-0.25, -0.2) is 0 Å². The number of ether oxygens (including phenoxy) is 3. The Morgan fingerprint density at radius 2 is 1.61 bits per heavy atom. The molecule has 0 saturated heterocycles. The molecule has 0 fully saturated rings. The first-order valence-corrected chi connectivity index (χ1v) is 13.4. The van der Waals surface area contributed by atoms with Crippen LogP contribution in [-0.4, -0.2) is 25.1 Å². The summed E-state index contributed by atoms with van der Waals surface area (Å²) in [5.41, 5.74) is 3.57. The minimum absolute atomic E-state index is 0.0450. The van der Waals surface area contributed by atoms with Crippen LogP contribution in [0.15, 0.2) is 72.8 Å². The van der Waals surface area contributed by atoms with Gasteiger partial charge in [0.2, 0.25) is 0 Å². The van der Waals surface area contributed by atoms with E-state index >= 15 is 0 Å². The van der Waals surface area contributed by atoms with E-state index in [1.54, 1.807) is 25.1 Å². The number of benzene rings is 3. The fourth-order valence-electron chi connectivity index (χ4n) is 4.12. The van der Waals surface area contributed by atoms with Crippen LogP contribution in [0.1, 0.15) is 74.5 Å². The lowest BCUT2D eigenvalue weighted by Gasteiger charge is -2.19. The SMILES string of the molecule is CCOC(=O)CCCOc1ccccc1C(=O)Nc1ccc(OC(CC)c2ccc(CC(C)C)cc2)cc1. The summed E-state index contributed by atoms with van der Waals surface area (Å²) in [6.45, 7) is 9.01. The van der Waals surface area contributed by atoms with Crippen molar-refractivity contribution in [2.24, 2.45) is 5.92 Å². The molecule has 0 aliphatic heterocycles. The Morgan fingerprint density at radius 3 is 2.26 bits per heavy atom. The highest BCUT2D eigenvalue weighted by atomic mass is 16.5. The van der Waals surface area contributed by atoms with Crippen molar-refractivity contribution < 1.29 is 23.8 Å². The Morgan fingerprint density at radius 1 is 0.895 bits per heavy atom. The number of anilines is 1. The summed E-state index contributed by atoms with van der Waals surface area (Å²) in [5, 5.41) is 2.92. The van der Waals surface area contributed by atoms with E-state index in [-0.39, 0.29) is 24.4 Å². The number of carbonyl (C=O) groups excluding carboxylic acids is 2. The maximum absolute atomic E-state index is 13.0. The molecule has 0 radical (unpaired) electrons. The van der Waals surface area contributed by atoms with Gasteiger partial charge in [-0.2, -0.15) is 0 Å². The maximum atomic E-state index is 13.0. The topological polar surface area (TPSA) is 73.9 Å². The number of nitrogens with one attached hydrogen (secondary N) is 1. The summed E-state index contributed by atoms with van der Waals surface area (Å²) in [7, 11) is 0. The van der Waals surface area contributed by atoms with Crippen LogP contribution in [0.4, 0.5) is 5.69 Å². The quantitative estimate of drug-likeness (QED) is 0.178. The molecule has 3 aromatic rings. The van der Waals surface area contributed by atoms with Gasteiger partial charge in [-0.1, -0.05) is 57.2 Å². The molecule has 0 spiro atoms. The van der Waals surface area contributed by atoms with Crippen molar-refractivity contribution in [3.8, 4) is 11.5 Å². The minimum Gasteiger partial charge on any atom is -0.493 e.